The van der Waals surface area contributed by atoms with Crippen LogP contribution in [0.2, 0.25) is 0 Å². The minimum absolute atomic E-state index is 0.0275. The molecule has 3 aromatic carbocycles. The van der Waals surface area contributed by atoms with E-state index in [0.717, 1.165) is 0 Å². The van der Waals surface area contributed by atoms with Gasteiger partial charge in [0.05, 0.1) is 31.5 Å². The Kier molecular flexibility index (Phi) is 12.7. The number of nitrogens with zero attached hydrogens (tertiary/aromatic N) is 1. The number of benzene rings is 3. The molecule has 19 nitrogen and oxygen atoms in total. The largest absolute Gasteiger partial charge is 0.486 e. The van der Waals surface area contributed by atoms with Gasteiger partial charge in [-0.3, -0.25) is 30.8 Å². The van der Waals surface area contributed by atoms with Crippen LogP contribution in [0.3, 0.4) is 0 Å². The van der Waals surface area contributed by atoms with Crippen LogP contribution in [0.4, 0.5) is 5.69 Å². The average Bonchev–Trinajstić information content (AvgIpc) is 3.66. The molecule has 0 bridgehead atoms. The minimum Gasteiger partial charge on any atom is -0.486 e. The zero-order valence-corrected chi connectivity index (χ0v) is 31.6. The van der Waals surface area contributed by atoms with Crippen LogP contribution in [0.5, 0.6) is 11.5 Å². The Morgan fingerprint density at radius 1 is 0.932 bits per heavy atom. The number of hydrogen-bond donors (Lipinski definition) is 11. The summed E-state index contributed by atoms with van der Waals surface area (Å²) in [5.41, 5.74) is 7.28. The van der Waals surface area contributed by atoms with Crippen LogP contribution >= 0.6 is 0 Å². The van der Waals surface area contributed by atoms with E-state index in [0.29, 0.717) is 23.1 Å². The molecule has 3 fully saturated rings. The van der Waals surface area contributed by atoms with Gasteiger partial charge in [-0.25, -0.2) is 0 Å². The number of nitrogens with two attached hydrogens (primary N) is 1. The molecule has 3 heterocycles. The van der Waals surface area contributed by atoms with Gasteiger partial charge in [0.1, 0.15) is 55.8 Å². The van der Waals surface area contributed by atoms with Crippen LogP contribution in [0, 0.1) is 0 Å². The van der Waals surface area contributed by atoms with Crippen LogP contribution in [0.25, 0.3) is 0 Å². The smallest absolute Gasteiger partial charge is 0.242 e. The molecule has 19 heteroatoms. The maximum atomic E-state index is 14.6. The summed E-state index contributed by atoms with van der Waals surface area (Å²) >= 11 is 0. The van der Waals surface area contributed by atoms with Crippen molar-refractivity contribution in [3.8, 4) is 11.5 Å². The molecule has 3 saturated heterocycles. The fraction of sp³-hybridized carbons (Fsp3) is 0.450. The van der Waals surface area contributed by atoms with Gasteiger partial charge in [-0.1, -0.05) is 24.3 Å². The monoisotopic (exact) mass is 821 g/mol. The molecule has 0 aromatic heterocycles. The van der Waals surface area contributed by atoms with Crippen LogP contribution < -0.4 is 36.1 Å². The number of para-hydroxylation sites is 1. The van der Waals surface area contributed by atoms with Gasteiger partial charge in [0.2, 0.25) is 12.2 Å². The second kappa shape index (κ2) is 17.8. The molecule has 59 heavy (non-hydrogen) atoms. The summed E-state index contributed by atoms with van der Waals surface area (Å²) in [5.74, 6) is -3.21. The number of nitrogens with one attached hydrogen (secondary N) is 3. The molecule has 0 radical (unpaired) electrons. The lowest BCUT2D eigenvalue weighted by atomic mass is 9.78. The normalized spacial score (nSPS) is 27.3. The molecule has 0 spiro atoms. The van der Waals surface area contributed by atoms with Crippen molar-refractivity contribution >= 4 is 29.4 Å². The fourth-order valence-corrected chi connectivity index (χ4v) is 8.11. The molecule has 7 rings (SSSR count). The van der Waals surface area contributed by atoms with Gasteiger partial charge in [-0.15, -0.1) is 0 Å². The third-order valence-electron chi connectivity index (χ3n) is 11.1. The standard InChI is InChI=1S/C40H47N5O14/c41-40-43-37-29(38(56)44-40)42-17-45(37)26-6-2-1-4-21(26)20(5-3-10-46)24-13-25-28(31(52)23-12-18(14-48)7-8-22(23)30(25)51)36(57-16-19(50)9-11-47)35(24)59-39-34(55)33(54)32(53)27(15-49)58-39/h1-2,4,6-8,11-13,19-20,27,29,32-34,37,39-40,42-43,46,48-50,53-55H,3,5,9-10,14-17,41H2,(H,44,56). The van der Waals surface area contributed by atoms with Crippen molar-refractivity contribution in [3.05, 3.63) is 87.5 Å². The first-order valence-electron chi connectivity index (χ1n) is 19.2. The summed E-state index contributed by atoms with van der Waals surface area (Å²) in [6.45, 7) is -1.93. The number of hydrogen-bond acceptors (Lipinski definition) is 18. The van der Waals surface area contributed by atoms with Crippen LogP contribution in [0.15, 0.2) is 48.5 Å². The van der Waals surface area contributed by atoms with Gasteiger partial charge in [-0.05, 0) is 48.2 Å². The van der Waals surface area contributed by atoms with Crippen LogP contribution in [-0.2, 0) is 20.9 Å². The van der Waals surface area contributed by atoms with E-state index in [2.05, 4.69) is 16.0 Å². The number of carbonyl (C=O) groups excluding carboxylic acids is 4. The highest BCUT2D eigenvalue weighted by Gasteiger charge is 2.47. The van der Waals surface area contributed by atoms with Crippen molar-refractivity contribution in [2.45, 2.75) is 87.1 Å². The van der Waals surface area contributed by atoms with Gasteiger partial charge >= 0.3 is 0 Å². The molecule has 10 atom stereocenters. The number of aldehydes is 1. The zero-order valence-electron chi connectivity index (χ0n) is 31.6. The summed E-state index contributed by atoms with van der Waals surface area (Å²) in [7, 11) is 0. The number of fused-ring (bicyclic) bond motifs is 3. The van der Waals surface area contributed by atoms with E-state index in [9.17, 15) is 54.9 Å². The molecule has 4 aliphatic rings. The first-order chi connectivity index (χ1) is 28.4. The van der Waals surface area contributed by atoms with E-state index in [1.54, 1.807) is 24.3 Å². The quantitative estimate of drug-likeness (QED) is 0.0548. The summed E-state index contributed by atoms with van der Waals surface area (Å²) in [6, 6.07) is 12.1. The maximum absolute atomic E-state index is 14.6. The molecule has 10 unspecified atom stereocenters. The van der Waals surface area contributed by atoms with Crippen LogP contribution in [0.1, 0.15) is 73.7 Å². The topological polar surface area (TPSA) is 303 Å². The van der Waals surface area contributed by atoms with Crippen molar-refractivity contribution in [1.29, 1.82) is 0 Å². The first kappa shape index (κ1) is 42.2. The molecule has 0 saturated carbocycles. The van der Waals surface area contributed by atoms with Gasteiger partial charge in [-0.2, -0.15) is 0 Å². The summed E-state index contributed by atoms with van der Waals surface area (Å²) in [5, 5.41) is 82.4. The van der Waals surface area contributed by atoms with Crippen LogP contribution in [-0.4, -0.2) is 141 Å². The Morgan fingerprint density at radius 2 is 1.71 bits per heavy atom. The Labute approximate surface area is 337 Å². The van der Waals surface area contributed by atoms with Crippen molar-refractivity contribution in [2.24, 2.45) is 5.73 Å². The third-order valence-corrected chi connectivity index (χ3v) is 11.1. The molecular formula is C40H47N5O14. The molecule has 3 aliphatic heterocycles. The van der Waals surface area contributed by atoms with Gasteiger partial charge in [0.25, 0.3) is 0 Å². The highest BCUT2D eigenvalue weighted by molar-refractivity contribution is 6.29. The van der Waals surface area contributed by atoms with E-state index >= 15 is 0 Å². The summed E-state index contributed by atoms with van der Waals surface area (Å²) < 4.78 is 18.4. The molecule has 316 valence electrons. The molecular weight excluding hydrogens is 774 g/mol. The van der Waals surface area contributed by atoms with Crippen molar-refractivity contribution in [3.63, 3.8) is 0 Å². The van der Waals surface area contributed by atoms with E-state index in [-0.39, 0.29) is 72.0 Å². The van der Waals surface area contributed by atoms with Crippen molar-refractivity contribution in [2.75, 3.05) is 31.4 Å². The van der Waals surface area contributed by atoms with Crippen molar-refractivity contribution in [1.82, 2.24) is 16.0 Å². The van der Waals surface area contributed by atoms with E-state index in [1.807, 2.05) is 4.90 Å². The number of carbonyl (C=O) groups is 4. The molecule has 12 N–H and O–H groups in total. The lowest BCUT2D eigenvalue weighted by Crippen LogP contribution is -2.70. The Bertz CT molecular complexity index is 2080. The van der Waals surface area contributed by atoms with E-state index in [1.165, 1.54) is 24.3 Å². The maximum Gasteiger partial charge on any atom is 0.242 e. The van der Waals surface area contributed by atoms with Crippen molar-refractivity contribution < 1.29 is 69.1 Å². The van der Waals surface area contributed by atoms with Gasteiger partial charge in [0.15, 0.2) is 23.1 Å². The summed E-state index contributed by atoms with van der Waals surface area (Å²) in [6.07, 6.45) is -11.3. The second-order valence-electron chi connectivity index (χ2n) is 14.8. The van der Waals surface area contributed by atoms with Gasteiger partial charge in [0, 0.05) is 46.9 Å². The highest BCUT2D eigenvalue weighted by atomic mass is 16.7. The number of rotatable bonds is 15. The number of ether oxygens (including phenoxy) is 3. The fourth-order valence-electron chi connectivity index (χ4n) is 8.11. The minimum atomic E-state index is -1.95. The second-order valence-corrected chi connectivity index (χ2v) is 14.8. The Morgan fingerprint density at radius 3 is 2.44 bits per heavy atom. The average molecular weight is 822 g/mol. The summed E-state index contributed by atoms with van der Waals surface area (Å²) in [4.78, 5) is 55.3. The first-order valence-corrected chi connectivity index (χ1v) is 19.2. The predicted molar refractivity (Wildman–Crippen MR) is 204 cm³/mol. The predicted octanol–water partition coefficient (Wildman–Crippen LogP) is -2.61. The number of amides is 1. The molecule has 3 aromatic rings. The number of ketones is 2. The lowest BCUT2D eigenvalue weighted by Gasteiger charge is -2.40. The molecule has 1 aliphatic carbocycles. The van der Waals surface area contributed by atoms with E-state index in [4.69, 9.17) is 19.9 Å². The molecule has 1 amide bonds. The zero-order chi connectivity index (χ0) is 42.1. The number of aliphatic hydroxyl groups is 7. The number of aliphatic hydroxyl groups excluding tert-OH is 7. The third kappa shape index (κ3) is 7.95. The van der Waals surface area contributed by atoms with Gasteiger partial charge < -0.3 is 65.0 Å². The van der Waals surface area contributed by atoms with E-state index < -0.39 is 98.4 Å². The Balaban J connectivity index is 1.47. The SMILES string of the molecule is NC1NC(=O)C2NCN(c3ccccc3C(CCCO)c3cc4c(c(OCC(O)CC=O)c3OC3OC(CO)C(O)C(O)C3O)C(=O)c3cc(CO)ccc3C4=O)C2N1. The lowest BCUT2D eigenvalue weighted by molar-refractivity contribution is -0.277. The highest BCUT2D eigenvalue weighted by Crippen LogP contribution is 2.50. The Hall–Kier alpha value is -4.90. The number of anilines is 1.